The first-order valence-corrected chi connectivity index (χ1v) is 12.8. The predicted molar refractivity (Wildman–Crippen MR) is 146 cm³/mol. The number of rotatable bonds is 15. The lowest BCUT2D eigenvalue weighted by Gasteiger charge is -2.29. The number of carbonyl (C=O) groups is 7. The van der Waals surface area contributed by atoms with Gasteiger partial charge in [-0.25, -0.2) is 4.79 Å². The second-order valence-corrected chi connectivity index (χ2v) is 9.61. The lowest BCUT2D eigenvalue weighted by Crippen LogP contribution is -2.60. The van der Waals surface area contributed by atoms with Crippen LogP contribution in [0.4, 0.5) is 10.5 Å². The summed E-state index contributed by atoms with van der Waals surface area (Å²) in [7, 11) is 0. The topological polar surface area (TPSA) is 243 Å². The van der Waals surface area contributed by atoms with Gasteiger partial charge in [0, 0.05) is 30.9 Å². The number of hydrogen-bond acceptors (Lipinski definition) is 8. The van der Waals surface area contributed by atoms with Crippen LogP contribution >= 0.6 is 0 Å². The summed E-state index contributed by atoms with van der Waals surface area (Å²) in [5, 5.41) is 19.1. The number of benzene rings is 1. The fourth-order valence-corrected chi connectivity index (χ4v) is 3.99. The molecular weight excluding hydrogens is 538 g/mol. The van der Waals surface area contributed by atoms with E-state index in [9.17, 15) is 33.6 Å². The minimum Gasteiger partial charge on any atom is -0.481 e. The molecule has 0 aliphatic carbocycles. The van der Waals surface area contributed by atoms with Crippen LogP contribution in [0.5, 0.6) is 0 Å². The number of primary amides is 1. The summed E-state index contributed by atoms with van der Waals surface area (Å²) in [6, 6.07) is 1.75. The zero-order valence-corrected chi connectivity index (χ0v) is 22.7. The lowest BCUT2D eigenvalue weighted by molar-refractivity contribution is -0.145. The molecule has 2 rings (SSSR count). The molecule has 0 fully saturated rings. The standard InChI is InChI=1S/C26H35N7O8/c1-14(2)22(32-24(39)18(13-27)33-19(34)9-10-20(33)35)25(40)31-17(4-3-11-29-26(28)41)23(38)30-16-7-5-15(6-8-16)12-21(36)37/h5-10,14,17-18,22H,3-4,11-13,27H2,1-2H3,(H,30,38)(H,31,40)(H,32,39)(H,36,37)(H3,28,29,41). The van der Waals surface area contributed by atoms with Gasteiger partial charge >= 0.3 is 12.0 Å². The highest BCUT2D eigenvalue weighted by Gasteiger charge is 2.37. The third kappa shape index (κ3) is 9.72. The van der Waals surface area contributed by atoms with Crippen molar-refractivity contribution in [2.24, 2.45) is 17.4 Å². The molecule has 1 aromatic carbocycles. The maximum absolute atomic E-state index is 13.3. The zero-order valence-electron chi connectivity index (χ0n) is 22.7. The van der Waals surface area contributed by atoms with E-state index in [0.29, 0.717) is 16.2 Å². The molecule has 1 aliphatic heterocycles. The average Bonchev–Trinajstić information content (AvgIpc) is 3.22. The minimum atomic E-state index is -1.35. The molecule has 0 saturated heterocycles. The van der Waals surface area contributed by atoms with Gasteiger partial charge in [0.15, 0.2) is 0 Å². The van der Waals surface area contributed by atoms with Crippen LogP contribution in [0.25, 0.3) is 0 Å². The Kier molecular flexibility index (Phi) is 12.0. The minimum absolute atomic E-state index is 0.0849. The number of anilines is 1. The van der Waals surface area contributed by atoms with Gasteiger partial charge in [-0.2, -0.15) is 0 Å². The molecule has 0 bridgehead atoms. The molecule has 0 saturated carbocycles. The van der Waals surface area contributed by atoms with Crippen LogP contribution < -0.4 is 32.7 Å². The Balaban J connectivity index is 2.16. The molecule has 3 unspecified atom stereocenters. The Morgan fingerprint density at radius 1 is 0.927 bits per heavy atom. The number of amides is 7. The van der Waals surface area contributed by atoms with E-state index in [4.69, 9.17) is 16.6 Å². The number of imide groups is 1. The normalized spacial score (nSPS) is 14.8. The molecule has 3 atom stereocenters. The van der Waals surface area contributed by atoms with E-state index in [1.165, 1.54) is 24.3 Å². The number of nitrogens with zero attached hydrogens (tertiary/aromatic N) is 1. The van der Waals surface area contributed by atoms with Gasteiger partial charge in [0.2, 0.25) is 17.7 Å². The van der Waals surface area contributed by atoms with E-state index in [2.05, 4.69) is 21.3 Å². The monoisotopic (exact) mass is 573 g/mol. The van der Waals surface area contributed by atoms with Crippen LogP contribution in [-0.4, -0.2) is 82.8 Å². The summed E-state index contributed by atoms with van der Waals surface area (Å²) in [6.45, 7) is 3.06. The quantitative estimate of drug-likeness (QED) is 0.0960. The van der Waals surface area contributed by atoms with Crippen molar-refractivity contribution < 1.29 is 38.7 Å². The van der Waals surface area contributed by atoms with Crippen LogP contribution in [0.2, 0.25) is 0 Å². The molecule has 9 N–H and O–H groups in total. The summed E-state index contributed by atoms with van der Waals surface area (Å²) >= 11 is 0. The highest BCUT2D eigenvalue weighted by molar-refractivity contribution is 6.15. The summed E-state index contributed by atoms with van der Waals surface area (Å²) in [4.78, 5) is 86.1. The zero-order chi connectivity index (χ0) is 30.7. The molecule has 15 nitrogen and oxygen atoms in total. The van der Waals surface area contributed by atoms with Crippen LogP contribution in [0.15, 0.2) is 36.4 Å². The Morgan fingerprint density at radius 3 is 2.05 bits per heavy atom. The second-order valence-electron chi connectivity index (χ2n) is 9.61. The summed E-state index contributed by atoms with van der Waals surface area (Å²) < 4.78 is 0. The second kappa shape index (κ2) is 15.1. The SMILES string of the molecule is CC(C)C(NC(=O)C(CN)N1C(=O)C=CC1=O)C(=O)NC(CCCNC(N)=O)C(=O)Nc1ccc(CC(=O)O)cc1. The fourth-order valence-electron chi connectivity index (χ4n) is 3.99. The van der Waals surface area contributed by atoms with Gasteiger partial charge in [-0.1, -0.05) is 26.0 Å². The molecule has 0 aromatic heterocycles. The molecule has 41 heavy (non-hydrogen) atoms. The van der Waals surface area contributed by atoms with Crippen molar-refractivity contribution in [1.82, 2.24) is 20.9 Å². The molecule has 1 aliphatic rings. The number of urea groups is 1. The Bertz CT molecular complexity index is 1180. The molecule has 7 amide bonds. The highest BCUT2D eigenvalue weighted by atomic mass is 16.4. The van der Waals surface area contributed by atoms with Crippen molar-refractivity contribution in [1.29, 1.82) is 0 Å². The number of carboxylic acid groups (broad SMARTS) is 1. The van der Waals surface area contributed by atoms with Gasteiger partial charge in [0.25, 0.3) is 11.8 Å². The van der Waals surface area contributed by atoms with Crippen molar-refractivity contribution in [3.8, 4) is 0 Å². The van der Waals surface area contributed by atoms with E-state index in [1.807, 2.05) is 0 Å². The van der Waals surface area contributed by atoms with Gasteiger partial charge < -0.3 is 37.8 Å². The summed E-state index contributed by atoms with van der Waals surface area (Å²) in [5.41, 5.74) is 11.6. The first-order valence-electron chi connectivity index (χ1n) is 12.8. The fraction of sp³-hybridized carbons (Fsp3) is 0.423. The third-order valence-corrected chi connectivity index (χ3v) is 6.11. The van der Waals surface area contributed by atoms with Gasteiger partial charge in [-0.15, -0.1) is 0 Å². The van der Waals surface area contributed by atoms with Crippen molar-refractivity contribution in [2.75, 3.05) is 18.4 Å². The molecule has 1 aromatic rings. The van der Waals surface area contributed by atoms with Crippen molar-refractivity contribution in [3.63, 3.8) is 0 Å². The maximum atomic E-state index is 13.3. The van der Waals surface area contributed by atoms with Crippen LogP contribution in [-0.2, 0) is 35.2 Å². The Labute approximate surface area is 236 Å². The Morgan fingerprint density at radius 2 is 1.54 bits per heavy atom. The van der Waals surface area contributed by atoms with Crippen molar-refractivity contribution >= 4 is 47.2 Å². The van der Waals surface area contributed by atoms with E-state index in [1.54, 1.807) is 13.8 Å². The smallest absolute Gasteiger partial charge is 0.312 e. The highest BCUT2D eigenvalue weighted by Crippen LogP contribution is 2.13. The molecule has 222 valence electrons. The number of nitrogens with one attached hydrogen (secondary N) is 4. The van der Waals surface area contributed by atoms with Crippen LogP contribution in [0.3, 0.4) is 0 Å². The number of carboxylic acids is 1. The van der Waals surface area contributed by atoms with Gasteiger partial charge in [0.05, 0.1) is 6.42 Å². The summed E-state index contributed by atoms with van der Waals surface area (Å²) in [5.74, 6) is -5.01. The number of hydrogen-bond donors (Lipinski definition) is 7. The van der Waals surface area contributed by atoms with E-state index >= 15 is 0 Å². The number of aliphatic carboxylic acids is 1. The predicted octanol–water partition coefficient (Wildman–Crippen LogP) is -1.42. The molecule has 0 radical (unpaired) electrons. The first-order chi connectivity index (χ1) is 19.3. The number of carbonyl (C=O) groups excluding carboxylic acids is 6. The molecule has 1 heterocycles. The Hall–Kier alpha value is -4.79. The van der Waals surface area contributed by atoms with Gasteiger partial charge in [-0.05, 0) is 36.5 Å². The maximum Gasteiger partial charge on any atom is 0.312 e. The van der Waals surface area contributed by atoms with E-state index < -0.39 is 65.6 Å². The van der Waals surface area contributed by atoms with E-state index in [0.717, 1.165) is 12.2 Å². The van der Waals surface area contributed by atoms with Gasteiger partial charge in [-0.3, -0.25) is 33.7 Å². The van der Waals surface area contributed by atoms with Gasteiger partial charge in [0.1, 0.15) is 18.1 Å². The van der Waals surface area contributed by atoms with Crippen molar-refractivity contribution in [3.05, 3.63) is 42.0 Å². The average molecular weight is 574 g/mol. The molecule has 0 spiro atoms. The summed E-state index contributed by atoms with van der Waals surface area (Å²) in [6.07, 6.45) is 2.19. The third-order valence-electron chi connectivity index (χ3n) is 6.11. The largest absolute Gasteiger partial charge is 0.481 e. The van der Waals surface area contributed by atoms with Crippen LogP contribution in [0.1, 0.15) is 32.3 Å². The molecular formula is C26H35N7O8. The van der Waals surface area contributed by atoms with Crippen molar-refractivity contribution in [2.45, 2.75) is 51.2 Å². The lowest BCUT2D eigenvalue weighted by atomic mass is 10.0. The first kappa shape index (κ1) is 32.4. The van der Waals surface area contributed by atoms with E-state index in [-0.39, 0.29) is 32.4 Å². The number of nitrogens with two attached hydrogens (primary N) is 2. The molecule has 15 heteroatoms. The van der Waals surface area contributed by atoms with Crippen LogP contribution in [0, 0.1) is 5.92 Å².